The Bertz CT molecular complexity index is 1880. The van der Waals surface area contributed by atoms with Gasteiger partial charge in [-0.3, -0.25) is 14.9 Å². The van der Waals surface area contributed by atoms with Gasteiger partial charge in [-0.15, -0.1) is 0 Å². The lowest BCUT2D eigenvalue weighted by molar-refractivity contribution is -0.384. The van der Waals surface area contributed by atoms with E-state index in [1.165, 1.54) is 31.5 Å². The number of aromatic nitrogens is 2. The molecule has 48 heavy (non-hydrogen) atoms. The number of halogens is 10. The van der Waals surface area contributed by atoms with Gasteiger partial charge >= 0.3 is 12.4 Å². The molecule has 258 valence electrons. The molecular formula is C30H24Cl2F8N4O4. The van der Waals surface area contributed by atoms with E-state index in [1.807, 2.05) is 0 Å². The number of nitro groups is 1. The molecule has 0 radical (unpaired) electrons. The van der Waals surface area contributed by atoms with Crippen molar-refractivity contribution in [3.05, 3.63) is 102 Å². The topological polar surface area (TPSA) is 132 Å². The summed E-state index contributed by atoms with van der Waals surface area (Å²) >= 11 is 11.7. The number of aryl methyl sites for hydroxylation is 2. The van der Waals surface area contributed by atoms with Gasteiger partial charge < -0.3 is 10.8 Å². The van der Waals surface area contributed by atoms with Gasteiger partial charge in [0, 0.05) is 47.3 Å². The Morgan fingerprint density at radius 2 is 1.15 bits per heavy atom. The fraction of sp³-hybridized carbons (Fsp3) is 0.233. The van der Waals surface area contributed by atoms with Crippen LogP contribution in [0.4, 0.5) is 46.5 Å². The van der Waals surface area contributed by atoms with Crippen molar-refractivity contribution in [2.45, 2.75) is 47.0 Å². The van der Waals surface area contributed by atoms with Gasteiger partial charge in [0.25, 0.3) is 11.7 Å². The minimum Gasteiger partial charge on any atom is -0.481 e. The summed E-state index contributed by atoms with van der Waals surface area (Å²) in [5.74, 6) is -2.73. The van der Waals surface area contributed by atoms with Gasteiger partial charge in [-0.05, 0) is 68.7 Å². The van der Waals surface area contributed by atoms with E-state index in [0.717, 1.165) is 19.9 Å². The van der Waals surface area contributed by atoms with Crippen LogP contribution in [0, 0.1) is 49.7 Å². The van der Waals surface area contributed by atoms with Crippen molar-refractivity contribution in [1.29, 1.82) is 0 Å². The molecule has 0 aliphatic carbocycles. The molecule has 3 N–H and O–H groups in total. The number of carboxylic acid groups (broad SMARTS) is 1. The Hall–Kier alpha value is -4.57. The molecule has 0 fully saturated rings. The van der Waals surface area contributed by atoms with Crippen LogP contribution in [0.15, 0.2) is 36.7 Å². The predicted molar refractivity (Wildman–Crippen MR) is 163 cm³/mol. The number of rotatable bonds is 3. The molecule has 0 amide bonds. The number of carbonyl (C=O) groups is 1. The van der Waals surface area contributed by atoms with Crippen molar-refractivity contribution in [2.75, 3.05) is 5.73 Å². The predicted octanol–water partition coefficient (Wildman–Crippen LogP) is 9.93. The summed E-state index contributed by atoms with van der Waals surface area (Å²) < 4.78 is 105. The maximum absolute atomic E-state index is 13.9. The first-order valence-electron chi connectivity index (χ1n) is 13.0. The highest BCUT2D eigenvalue weighted by atomic mass is 35.5. The van der Waals surface area contributed by atoms with Gasteiger partial charge in [0.15, 0.2) is 0 Å². The van der Waals surface area contributed by atoms with Crippen molar-refractivity contribution >= 4 is 40.5 Å². The van der Waals surface area contributed by atoms with Gasteiger partial charge in [-0.1, -0.05) is 23.2 Å². The number of pyridine rings is 2. The number of alkyl halides is 6. The van der Waals surface area contributed by atoms with E-state index < -0.39 is 68.1 Å². The number of benzene rings is 2. The summed E-state index contributed by atoms with van der Waals surface area (Å²) in [5, 5.41) is 17.9. The van der Waals surface area contributed by atoms with E-state index in [2.05, 4.69) is 9.97 Å². The summed E-state index contributed by atoms with van der Waals surface area (Å²) in [6, 6.07) is 3.99. The molecule has 2 aromatic heterocycles. The molecule has 8 nitrogen and oxygen atoms in total. The molecule has 2 heterocycles. The Morgan fingerprint density at radius 1 is 0.792 bits per heavy atom. The van der Waals surface area contributed by atoms with E-state index in [0.29, 0.717) is 17.2 Å². The molecule has 0 bridgehead atoms. The van der Waals surface area contributed by atoms with Gasteiger partial charge in [0.05, 0.1) is 31.7 Å². The first-order chi connectivity index (χ1) is 21.9. The van der Waals surface area contributed by atoms with Crippen LogP contribution in [0.5, 0.6) is 0 Å². The quantitative estimate of drug-likeness (QED) is 0.0706. The normalized spacial score (nSPS) is 11.2. The highest BCUT2D eigenvalue weighted by Crippen LogP contribution is 2.46. The van der Waals surface area contributed by atoms with E-state index >= 15 is 0 Å². The van der Waals surface area contributed by atoms with Crippen molar-refractivity contribution in [3.8, 4) is 22.3 Å². The number of hydrogen-bond acceptors (Lipinski definition) is 6. The third kappa shape index (κ3) is 9.28. The smallest absolute Gasteiger partial charge is 0.416 e. The van der Waals surface area contributed by atoms with Crippen molar-refractivity contribution in [2.24, 2.45) is 0 Å². The minimum atomic E-state index is -4.82. The van der Waals surface area contributed by atoms with Gasteiger partial charge in [-0.25, -0.2) is 9.97 Å². The molecule has 18 heteroatoms. The van der Waals surface area contributed by atoms with Crippen LogP contribution in [-0.4, -0.2) is 26.0 Å². The molecule has 0 unspecified atom stereocenters. The van der Waals surface area contributed by atoms with Crippen molar-refractivity contribution < 1.29 is 49.9 Å². The van der Waals surface area contributed by atoms with Crippen LogP contribution < -0.4 is 5.73 Å². The average Bonchev–Trinajstić information content (AvgIpc) is 2.93. The lowest BCUT2D eigenvalue weighted by Gasteiger charge is -2.17. The number of nitrogen functional groups attached to an aromatic ring is 1. The summed E-state index contributed by atoms with van der Waals surface area (Å²) in [6.45, 7) is 6.49. The summed E-state index contributed by atoms with van der Waals surface area (Å²) in [5.41, 5.74) is 2.03. The van der Waals surface area contributed by atoms with Crippen LogP contribution in [0.3, 0.4) is 0 Å². The zero-order valence-corrected chi connectivity index (χ0v) is 26.8. The maximum Gasteiger partial charge on any atom is 0.416 e. The number of hydrogen-bond donors (Lipinski definition) is 2. The zero-order chi connectivity index (χ0) is 37.0. The van der Waals surface area contributed by atoms with Crippen LogP contribution in [-0.2, 0) is 17.1 Å². The monoisotopic (exact) mass is 726 g/mol. The van der Waals surface area contributed by atoms with E-state index in [4.69, 9.17) is 38.8 Å². The molecule has 0 spiro atoms. The molecule has 0 saturated heterocycles. The Morgan fingerprint density at radius 3 is 1.52 bits per heavy atom. The third-order valence-corrected chi connectivity index (χ3v) is 6.97. The minimum absolute atomic E-state index is 0.0191. The zero-order valence-electron chi connectivity index (χ0n) is 25.3. The van der Waals surface area contributed by atoms with Gasteiger partial charge in [0.1, 0.15) is 0 Å². The van der Waals surface area contributed by atoms with Crippen LogP contribution in [0.2, 0.25) is 10.0 Å². The molecule has 4 rings (SSSR count). The SMILES string of the molecule is CC(=O)O.Cc1cnc(F)c(-c2c(Cl)cc(C(F)(F)F)c(C)c2N)c1.Cc1cnc(F)c(-c2c(Cl)cc(C(F)(F)F)c(C)c2[N+](=O)[O-])c1. The Kier molecular flexibility index (Phi) is 12.5. The Balaban J connectivity index is 0.000000301. The summed E-state index contributed by atoms with van der Waals surface area (Å²) in [7, 11) is 0. The Labute approximate surface area is 277 Å². The third-order valence-electron chi connectivity index (χ3n) is 6.38. The van der Waals surface area contributed by atoms with Crippen LogP contribution in [0.25, 0.3) is 22.3 Å². The average molecular weight is 727 g/mol. The molecule has 0 saturated carbocycles. The van der Waals surface area contributed by atoms with Crippen molar-refractivity contribution in [3.63, 3.8) is 0 Å². The number of nitro benzene ring substituents is 1. The lowest BCUT2D eigenvalue weighted by Crippen LogP contribution is -2.10. The highest BCUT2D eigenvalue weighted by Gasteiger charge is 2.39. The van der Waals surface area contributed by atoms with Gasteiger partial charge in [0.2, 0.25) is 11.9 Å². The molecular weight excluding hydrogens is 703 g/mol. The fourth-order valence-corrected chi connectivity index (χ4v) is 4.92. The molecule has 0 aliphatic rings. The number of anilines is 1. The first-order valence-corrected chi connectivity index (χ1v) is 13.8. The second-order valence-electron chi connectivity index (χ2n) is 10.0. The van der Waals surface area contributed by atoms with Crippen LogP contribution in [0.1, 0.15) is 40.3 Å². The van der Waals surface area contributed by atoms with Crippen LogP contribution >= 0.6 is 23.2 Å². The van der Waals surface area contributed by atoms with Gasteiger partial charge in [-0.2, -0.15) is 35.1 Å². The van der Waals surface area contributed by atoms with E-state index in [1.54, 1.807) is 13.8 Å². The highest BCUT2D eigenvalue weighted by molar-refractivity contribution is 6.34. The molecule has 2 aromatic carbocycles. The number of aliphatic carboxylic acids is 1. The standard InChI is InChI=1S/C14H9ClF4N2O2.C14H11ClF4N2.C2H4O2/c1-6-3-8(13(16)20-5-6)11-10(15)4-9(14(17,18)19)7(2)12(11)21(22)23;1-6-3-8(13(16)21-5-6)11-10(15)4-9(14(17,18)19)7(2)12(11)20;1-2(3)4/h3-5H,1-2H3;3-5H,20H2,1-2H3;1H3,(H,3,4). The largest absolute Gasteiger partial charge is 0.481 e. The second-order valence-corrected chi connectivity index (χ2v) is 10.9. The molecule has 0 aliphatic heterocycles. The van der Waals surface area contributed by atoms with Crippen molar-refractivity contribution in [1.82, 2.24) is 9.97 Å². The van der Waals surface area contributed by atoms with E-state index in [9.17, 15) is 45.2 Å². The summed E-state index contributed by atoms with van der Waals surface area (Å²) in [6.07, 6.45) is -6.90. The number of carboxylic acids is 1. The fourth-order valence-electron chi connectivity index (χ4n) is 4.31. The first kappa shape index (κ1) is 39.6. The summed E-state index contributed by atoms with van der Waals surface area (Å²) in [4.78, 5) is 26.2. The lowest BCUT2D eigenvalue weighted by atomic mass is 9.96. The second kappa shape index (κ2) is 15.1. The number of nitrogens with zero attached hydrogens (tertiary/aromatic N) is 3. The maximum atomic E-state index is 13.9. The number of nitrogens with two attached hydrogens (primary N) is 1. The van der Waals surface area contributed by atoms with E-state index in [-0.39, 0.29) is 33.0 Å². The molecule has 0 atom stereocenters. The molecule has 4 aromatic rings.